The number of Topliss-reactive ketones (excluding diaryl/α,β-unsaturated/α-hetero) is 1. The smallest absolute Gasteiger partial charge is 0.141 e. The van der Waals surface area contributed by atoms with Crippen molar-refractivity contribution in [2.24, 2.45) is 18.9 Å². The second-order valence-corrected chi connectivity index (χ2v) is 6.24. The molecule has 0 aliphatic heterocycles. The Kier molecular flexibility index (Phi) is 4.25. The van der Waals surface area contributed by atoms with Gasteiger partial charge in [-0.05, 0) is 47.5 Å². The third-order valence-corrected chi connectivity index (χ3v) is 4.91. The SMILES string of the molecule is CCc1nn(C)c(CC(=O)C2CCC(C)C2)c1Br. The standard InChI is InChI=1S/C14H21BrN2O/c1-4-11-14(15)12(17(3)16-11)8-13(18)10-6-5-9(2)7-10/h9-10H,4-8H2,1-3H3. The van der Waals surface area contributed by atoms with Crippen molar-refractivity contribution in [1.29, 1.82) is 0 Å². The lowest BCUT2D eigenvalue weighted by molar-refractivity contribution is -0.122. The normalized spacial score (nSPS) is 23.6. The van der Waals surface area contributed by atoms with Crippen molar-refractivity contribution in [3.8, 4) is 0 Å². The number of hydrogen-bond acceptors (Lipinski definition) is 2. The number of rotatable bonds is 4. The van der Waals surface area contributed by atoms with E-state index in [2.05, 4.69) is 34.9 Å². The van der Waals surface area contributed by atoms with Crippen molar-refractivity contribution in [3.05, 3.63) is 15.9 Å². The second-order valence-electron chi connectivity index (χ2n) is 5.44. The van der Waals surface area contributed by atoms with Crippen LogP contribution in [0.3, 0.4) is 0 Å². The second kappa shape index (κ2) is 5.55. The molecule has 18 heavy (non-hydrogen) atoms. The Balaban J connectivity index is 2.09. The first kappa shape index (κ1) is 13.8. The van der Waals surface area contributed by atoms with Gasteiger partial charge in [-0.15, -0.1) is 0 Å². The van der Waals surface area contributed by atoms with Crippen LogP contribution in [0.25, 0.3) is 0 Å². The summed E-state index contributed by atoms with van der Waals surface area (Å²) in [6, 6.07) is 0. The highest BCUT2D eigenvalue weighted by Crippen LogP contribution is 2.32. The molecule has 1 fully saturated rings. The number of hydrogen-bond donors (Lipinski definition) is 0. The maximum absolute atomic E-state index is 12.3. The minimum Gasteiger partial charge on any atom is -0.299 e. The monoisotopic (exact) mass is 312 g/mol. The molecule has 0 spiro atoms. The van der Waals surface area contributed by atoms with E-state index in [1.165, 1.54) is 6.42 Å². The maximum Gasteiger partial charge on any atom is 0.141 e. The molecule has 0 aromatic carbocycles. The van der Waals surface area contributed by atoms with Crippen LogP contribution in [0.15, 0.2) is 4.47 Å². The summed E-state index contributed by atoms with van der Waals surface area (Å²) in [4.78, 5) is 12.3. The summed E-state index contributed by atoms with van der Waals surface area (Å²) in [5.74, 6) is 1.36. The van der Waals surface area contributed by atoms with Gasteiger partial charge in [-0.3, -0.25) is 9.48 Å². The van der Waals surface area contributed by atoms with E-state index in [0.29, 0.717) is 18.1 Å². The summed E-state index contributed by atoms with van der Waals surface area (Å²) in [5, 5.41) is 4.44. The zero-order chi connectivity index (χ0) is 13.3. The molecule has 1 aromatic rings. The summed E-state index contributed by atoms with van der Waals surface area (Å²) in [5.41, 5.74) is 2.07. The Morgan fingerprint density at radius 3 is 2.72 bits per heavy atom. The Bertz CT molecular complexity index is 453. The number of ketones is 1. The van der Waals surface area contributed by atoms with E-state index in [4.69, 9.17) is 0 Å². The first-order valence-corrected chi connectivity index (χ1v) is 7.55. The van der Waals surface area contributed by atoms with Crippen molar-refractivity contribution in [3.63, 3.8) is 0 Å². The van der Waals surface area contributed by atoms with Crippen LogP contribution < -0.4 is 0 Å². The van der Waals surface area contributed by atoms with Gasteiger partial charge in [-0.1, -0.05) is 13.8 Å². The molecule has 1 aliphatic carbocycles. The van der Waals surface area contributed by atoms with Gasteiger partial charge in [0.25, 0.3) is 0 Å². The van der Waals surface area contributed by atoms with E-state index in [-0.39, 0.29) is 5.92 Å². The predicted octanol–water partition coefficient (Wildman–Crippen LogP) is 3.29. The van der Waals surface area contributed by atoms with Gasteiger partial charge in [0.15, 0.2) is 0 Å². The van der Waals surface area contributed by atoms with Crippen molar-refractivity contribution in [1.82, 2.24) is 9.78 Å². The Labute approximate surface area is 117 Å². The van der Waals surface area contributed by atoms with Crippen LogP contribution in [0.5, 0.6) is 0 Å². The minimum absolute atomic E-state index is 0.270. The number of aryl methyl sites for hydroxylation is 2. The van der Waals surface area contributed by atoms with Crippen LogP contribution in [0.2, 0.25) is 0 Å². The highest BCUT2D eigenvalue weighted by Gasteiger charge is 2.28. The average Bonchev–Trinajstić information content (AvgIpc) is 2.87. The third kappa shape index (κ3) is 2.68. The molecular weight excluding hydrogens is 292 g/mol. The summed E-state index contributed by atoms with van der Waals surface area (Å²) in [7, 11) is 1.92. The predicted molar refractivity (Wildman–Crippen MR) is 75.5 cm³/mol. The molecule has 1 aliphatic rings. The number of halogens is 1. The van der Waals surface area contributed by atoms with E-state index in [9.17, 15) is 4.79 Å². The molecule has 0 amide bonds. The molecule has 0 bridgehead atoms. The third-order valence-electron chi connectivity index (χ3n) is 3.99. The van der Waals surface area contributed by atoms with Crippen molar-refractivity contribution >= 4 is 21.7 Å². The van der Waals surface area contributed by atoms with Crippen LogP contribution in [0.4, 0.5) is 0 Å². The fourth-order valence-corrected chi connectivity index (χ4v) is 3.58. The number of carbonyl (C=O) groups is 1. The molecule has 100 valence electrons. The Hall–Kier alpha value is -0.640. The Morgan fingerprint density at radius 1 is 1.50 bits per heavy atom. The lowest BCUT2D eigenvalue weighted by Gasteiger charge is -2.09. The zero-order valence-electron chi connectivity index (χ0n) is 11.4. The quantitative estimate of drug-likeness (QED) is 0.855. The van der Waals surface area contributed by atoms with Crippen molar-refractivity contribution in [2.45, 2.75) is 46.0 Å². The fraction of sp³-hybridized carbons (Fsp3) is 0.714. The van der Waals surface area contributed by atoms with Gasteiger partial charge in [0.05, 0.1) is 15.9 Å². The highest BCUT2D eigenvalue weighted by atomic mass is 79.9. The van der Waals surface area contributed by atoms with Gasteiger partial charge in [-0.2, -0.15) is 5.10 Å². The lowest BCUT2D eigenvalue weighted by Crippen LogP contribution is -2.16. The fourth-order valence-electron chi connectivity index (χ4n) is 2.82. The molecule has 3 nitrogen and oxygen atoms in total. The number of aromatic nitrogens is 2. The van der Waals surface area contributed by atoms with Crippen LogP contribution in [0.1, 0.15) is 44.5 Å². The molecular formula is C14H21BrN2O. The van der Waals surface area contributed by atoms with Crippen LogP contribution in [-0.2, 0) is 24.7 Å². The average molecular weight is 313 g/mol. The van der Waals surface area contributed by atoms with Gasteiger partial charge >= 0.3 is 0 Å². The number of carbonyl (C=O) groups excluding carboxylic acids is 1. The minimum atomic E-state index is 0.270. The molecule has 1 aromatic heterocycles. The van der Waals surface area contributed by atoms with Gasteiger partial charge in [-0.25, -0.2) is 0 Å². The summed E-state index contributed by atoms with van der Waals surface area (Å²) in [6.07, 6.45) is 4.73. The molecule has 0 radical (unpaired) electrons. The molecule has 0 N–H and O–H groups in total. The molecule has 2 rings (SSSR count). The van der Waals surface area contributed by atoms with E-state index >= 15 is 0 Å². The summed E-state index contributed by atoms with van der Waals surface area (Å²) in [6.45, 7) is 4.32. The van der Waals surface area contributed by atoms with Crippen LogP contribution in [-0.4, -0.2) is 15.6 Å². The maximum atomic E-state index is 12.3. The van der Waals surface area contributed by atoms with E-state index in [1.54, 1.807) is 0 Å². The first-order chi connectivity index (χ1) is 8.52. The van der Waals surface area contributed by atoms with E-state index in [1.807, 2.05) is 11.7 Å². The van der Waals surface area contributed by atoms with E-state index < -0.39 is 0 Å². The van der Waals surface area contributed by atoms with Gasteiger partial charge < -0.3 is 0 Å². The lowest BCUT2D eigenvalue weighted by atomic mass is 9.97. The zero-order valence-corrected chi connectivity index (χ0v) is 13.0. The summed E-state index contributed by atoms with van der Waals surface area (Å²) < 4.78 is 2.87. The molecule has 0 saturated heterocycles. The molecule has 1 heterocycles. The first-order valence-electron chi connectivity index (χ1n) is 6.75. The van der Waals surface area contributed by atoms with Crippen LogP contribution in [0, 0.1) is 11.8 Å². The Morgan fingerprint density at radius 2 is 2.22 bits per heavy atom. The van der Waals surface area contributed by atoms with Crippen molar-refractivity contribution in [2.75, 3.05) is 0 Å². The molecule has 1 saturated carbocycles. The molecule has 2 atom stereocenters. The largest absolute Gasteiger partial charge is 0.299 e. The van der Waals surface area contributed by atoms with E-state index in [0.717, 1.165) is 35.1 Å². The van der Waals surface area contributed by atoms with Crippen molar-refractivity contribution < 1.29 is 4.79 Å². The highest BCUT2D eigenvalue weighted by molar-refractivity contribution is 9.10. The number of nitrogens with zero attached hydrogens (tertiary/aromatic N) is 2. The topological polar surface area (TPSA) is 34.9 Å². The summed E-state index contributed by atoms with van der Waals surface area (Å²) >= 11 is 3.58. The molecule has 2 unspecified atom stereocenters. The van der Waals surface area contributed by atoms with Gasteiger partial charge in [0.1, 0.15) is 5.78 Å². The molecule has 4 heteroatoms. The van der Waals surface area contributed by atoms with Gasteiger partial charge in [0.2, 0.25) is 0 Å². The van der Waals surface area contributed by atoms with Gasteiger partial charge in [0, 0.05) is 19.4 Å². The van der Waals surface area contributed by atoms with Crippen LogP contribution >= 0.6 is 15.9 Å².